The highest BCUT2D eigenvalue weighted by atomic mass is 35.5. The lowest BCUT2D eigenvalue weighted by Gasteiger charge is -2.13. The van der Waals surface area contributed by atoms with Crippen molar-refractivity contribution < 1.29 is 9.18 Å². The molecule has 0 saturated carbocycles. The van der Waals surface area contributed by atoms with Gasteiger partial charge in [-0.05, 0) is 29.8 Å². The highest BCUT2D eigenvalue weighted by Gasteiger charge is 2.13. The second-order valence-electron chi connectivity index (χ2n) is 5.23. The van der Waals surface area contributed by atoms with Crippen LogP contribution < -0.4 is 11.1 Å². The van der Waals surface area contributed by atoms with E-state index in [1.807, 2.05) is 0 Å². The van der Waals surface area contributed by atoms with Crippen LogP contribution >= 0.6 is 11.6 Å². The molecule has 2 aromatic heterocycles. The highest BCUT2D eigenvalue weighted by molar-refractivity contribution is 6.30. The van der Waals surface area contributed by atoms with E-state index in [-0.39, 0.29) is 17.3 Å². The number of hydrogen-bond donors (Lipinski definition) is 2. The quantitative estimate of drug-likeness (QED) is 0.723. The van der Waals surface area contributed by atoms with Crippen LogP contribution in [0, 0.1) is 5.82 Å². The Morgan fingerprint density at radius 3 is 2.92 bits per heavy atom. The van der Waals surface area contributed by atoms with Crippen molar-refractivity contribution >= 4 is 17.5 Å². The normalized spacial score (nSPS) is 12.0. The monoisotopic (exact) mass is 360 g/mol. The maximum Gasteiger partial charge on any atom is 0.271 e. The van der Waals surface area contributed by atoms with Gasteiger partial charge in [-0.1, -0.05) is 11.6 Å². The first-order valence-corrected chi connectivity index (χ1v) is 7.72. The summed E-state index contributed by atoms with van der Waals surface area (Å²) in [7, 11) is 0. The fourth-order valence-electron chi connectivity index (χ4n) is 2.18. The zero-order valence-corrected chi connectivity index (χ0v) is 13.7. The van der Waals surface area contributed by atoms with Gasteiger partial charge in [-0.25, -0.2) is 14.1 Å². The number of carbonyl (C=O) groups excluding carboxylic acids is 1. The van der Waals surface area contributed by atoms with Crippen LogP contribution in [0.5, 0.6) is 0 Å². The van der Waals surface area contributed by atoms with Gasteiger partial charge in [0.15, 0.2) is 5.82 Å². The number of carbonyl (C=O) groups is 1. The molecule has 3 N–H and O–H groups in total. The van der Waals surface area contributed by atoms with E-state index < -0.39 is 17.8 Å². The van der Waals surface area contributed by atoms with Crippen molar-refractivity contribution in [3.05, 3.63) is 71.2 Å². The smallest absolute Gasteiger partial charge is 0.271 e. The van der Waals surface area contributed by atoms with Crippen LogP contribution in [0.1, 0.15) is 22.1 Å². The Bertz CT molecular complexity index is 866. The molecule has 0 saturated heterocycles. The molecule has 128 valence electrons. The van der Waals surface area contributed by atoms with Gasteiger partial charge < -0.3 is 11.1 Å². The van der Waals surface area contributed by atoms with Gasteiger partial charge in [-0.2, -0.15) is 5.10 Å². The molecule has 9 heteroatoms. The van der Waals surface area contributed by atoms with E-state index in [0.717, 1.165) is 0 Å². The molecule has 25 heavy (non-hydrogen) atoms. The predicted molar refractivity (Wildman–Crippen MR) is 89.8 cm³/mol. The number of aromatic nitrogens is 4. The summed E-state index contributed by atoms with van der Waals surface area (Å²) in [5, 5.41) is 6.92. The van der Waals surface area contributed by atoms with Crippen LogP contribution in [0.2, 0.25) is 5.02 Å². The van der Waals surface area contributed by atoms with Gasteiger partial charge in [-0.15, -0.1) is 0 Å². The average molecular weight is 361 g/mol. The minimum absolute atomic E-state index is 0.0896. The van der Waals surface area contributed by atoms with Crippen molar-refractivity contribution in [1.29, 1.82) is 0 Å². The molecular formula is C16H14ClFN6O. The summed E-state index contributed by atoms with van der Waals surface area (Å²) in [4.78, 5) is 20.4. The van der Waals surface area contributed by atoms with Gasteiger partial charge in [0.1, 0.15) is 11.5 Å². The second kappa shape index (κ2) is 7.37. The molecule has 1 aromatic carbocycles. The first-order valence-electron chi connectivity index (χ1n) is 7.35. The second-order valence-corrected chi connectivity index (χ2v) is 5.67. The van der Waals surface area contributed by atoms with Gasteiger partial charge in [0.2, 0.25) is 0 Å². The summed E-state index contributed by atoms with van der Waals surface area (Å²) in [6.45, 7) is 0.0896. The minimum Gasteiger partial charge on any atom is -0.349 e. The maximum absolute atomic E-state index is 13.4. The van der Waals surface area contributed by atoms with E-state index in [4.69, 9.17) is 17.3 Å². The summed E-state index contributed by atoms with van der Waals surface area (Å²) >= 11 is 5.81. The lowest BCUT2D eigenvalue weighted by molar-refractivity contribution is 0.0945. The van der Waals surface area contributed by atoms with Crippen molar-refractivity contribution in [3.63, 3.8) is 0 Å². The number of rotatable bonds is 5. The van der Waals surface area contributed by atoms with E-state index in [9.17, 15) is 9.18 Å². The van der Waals surface area contributed by atoms with Crippen LogP contribution in [-0.4, -0.2) is 32.2 Å². The molecule has 0 radical (unpaired) electrons. The third kappa shape index (κ3) is 4.17. The molecule has 0 bridgehead atoms. The molecule has 1 atom stereocenters. The molecule has 1 unspecified atom stereocenters. The molecule has 3 rings (SSSR count). The highest BCUT2D eigenvalue weighted by Crippen LogP contribution is 2.18. The van der Waals surface area contributed by atoms with Crippen molar-refractivity contribution in [2.24, 2.45) is 5.73 Å². The number of hydrogen-bond acceptors (Lipinski definition) is 5. The molecule has 0 aliphatic rings. The third-order valence-electron chi connectivity index (χ3n) is 3.39. The maximum atomic E-state index is 13.4. The first-order chi connectivity index (χ1) is 12.0. The summed E-state index contributed by atoms with van der Waals surface area (Å²) in [6, 6.07) is 5.14. The van der Waals surface area contributed by atoms with Crippen molar-refractivity contribution in [2.45, 2.75) is 6.04 Å². The lowest BCUT2D eigenvalue weighted by atomic mass is 10.1. The van der Waals surface area contributed by atoms with Gasteiger partial charge in [0.25, 0.3) is 5.91 Å². The van der Waals surface area contributed by atoms with Crippen LogP contribution in [0.15, 0.2) is 49.1 Å². The zero-order valence-electron chi connectivity index (χ0n) is 12.9. The minimum atomic E-state index is -0.612. The first kappa shape index (κ1) is 17.0. The summed E-state index contributed by atoms with van der Waals surface area (Å²) < 4.78 is 14.9. The molecule has 0 fully saturated rings. The Morgan fingerprint density at radius 1 is 1.36 bits per heavy atom. The van der Waals surface area contributed by atoms with Crippen LogP contribution in [0.3, 0.4) is 0 Å². The zero-order chi connectivity index (χ0) is 17.8. The van der Waals surface area contributed by atoms with Crippen LogP contribution in [0.25, 0.3) is 5.82 Å². The molecule has 0 aliphatic carbocycles. The van der Waals surface area contributed by atoms with Crippen molar-refractivity contribution in [1.82, 2.24) is 25.1 Å². The molecule has 7 nitrogen and oxygen atoms in total. The van der Waals surface area contributed by atoms with E-state index >= 15 is 0 Å². The standard InChI is InChI=1S/C16H14ClFN6O/c17-11-4-10(5-12(18)6-11)13(19)7-21-16(25)14-8-20-9-15(23-14)24-3-1-2-22-24/h1-6,8-9,13H,7,19H2,(H,21,25). The van der Waals surface area contributed by atoms with Gasteiger partial charge in [0.05, 0.1) is 12.4 Å². The fraction of sp³-hybridized carbons (Fsp3) is 0.125. The number of amides is 1. The van der Waals surface area contributed by atoms with Crippen molar-refractivity contribution in [2.75, 3.05) is 6.54 Å². The summed E-state index contributed by atoms with van der Waals surface area (Å²) in [6.07, 6.45) is 6.12. The largest absolute Gasteiger partial charge is 0.349 e. The molecule has 0 aliphatic heterocycles. The van der Waals surface area contributed by atoms with Gasteiger partial charge in [0, 0.05) is 30.0 Å². The number of benzene rings is 1. The number of nitrogens with zero attached hydrogens (tertiary/aromatic N) is 4. The number of nitrogens with one attached hydrogen (secondary N) is 1. The molecule has 1 amide bonds. The molecule has 0 spiro atoms. The Hall–Kier alpha value is -2.84. The third-order valence-corrected chi connectivity index (χ3v) is 3.61. The molecule has 2 heterocycles. The number of halogens is 2. The SMILES string of the molecule is NC(CNC(=O)c1cncc(-n2cccn2)n1)c1cc(F)cc(Cl)c1. The van der Waals surface area contributed by atoms with E-state index in [1.165, 1.54) is 29.2 Å². The van der Waals surface area contributed by atoms with E-state index in [0.29, 0.717) is 11.4 Å². The van der Waals surface area contributed by atoms with E-state index in [1.54, 1.807) is 24.5 Å². The van der Waals surface area contributed by atoms with Gasteiger partial charge in [-0.3, -0.25) is 9.78 Å². The molecular weight excluding hydrogens is 347 g/mol. The Morgan fingerprint density at radius 2 is 2.20 bits per heavy atom. The van der Waals surface area contributed by atoms with Crippen LogP contribution in [0.4, 0.5) is 4.39 Å². The Kier molecular flexibility index (Phi) is 5.01. The average Bonchev–Trinajstić information content (AvgIpc) is 3.13. The van der Waals surface area contributed by atoms with Crippen molar-refractivity contribution in [3.8, 4) is 5.82 Å². The fourth-order valence-corrected chi connectivity index (χ4v) is 2.41. The van der Waals surface area contributed by atoms with Crippen LogP contribution in [-0.2, 0) is 0 Å². The predicted octanol–water partition coefficient (Wildman–Crippen LogP) is 1.88. The summed E-state index contributed by atoms with van der Waals surface area (Å²) in [5.41, 5.74) is 6.59. The lowest BCUT2D eigenvalue weighted by Crippen LogP contribution is -2.32. The summed E-state index contributed by atoms with van der Waals surface area (Å²) in [5.74, 6) is -0.514. The van der Waals surface area contributed by atoms with Gasteiger partial charge >= 0.3 is 0 Å². The van der Waals surface area contributed by atoms with E-state index in [2.05, 4.69) is 20.4 Å². The number of nitrogens with two attached hydrogens (primary N) is 1. The molecule has 3 aromatic rings. The Labute approximate surface area is 147 Å². The topological polar surface area (TPSA) is 98.7 Å². The Balaban J connectivity index is 1.67.